The monoisotopic (exact) mass is 212 g/mol. The van der Waals surface area contributed by atoms with Crippen molar-refractivity contribution in [2.45, 2.75) is 6.92 Å². The summed E-state index contributed by atoms with van der Waals surface area (Å²) >= 11 is 0. The summed E-state index contributed by atoms with van der Waals surface area (Å²) in [5, 5.41) is 0. The zero-order valence-corrected chi connectivity index (χ0v) is 8.97. The highest BCUT2D eigenvalue weighted by Gasteiger charge is 2.02. The molecule has 0 bridgehead atoms. The minimum Gasteiger partial charge on any atom is -0.384 e. The Hall–Kier alpha value is -2.16. The zero-order chi connectivity index (χ0) is 11.5. The zero-order valence-electron chi connectivity index (χ0n) is 8.97. The molecule has 0 unspecified atom stereocenters. The van der Waals surface area contributed by atoms with Crippen LogP contribution in [0.5, 0.6) is 0 Å². The minimum atomic E-state index is 0.0604. The normalized spacial score (nSPS) is 10.1. The Morgan fingerprint density at radius 2 is 2.00 bits per heavy atom. The molecule has 0 saturated heterocycles. The van der Waals surface area contributed by atoms with Crippen LogP contribution in [-0.4, -0.2) is 10.8 Å². The fourth-order valence-electron chi connectivity index (χ4n) is 1.49. The Morgan fingerprint density at radius 3 is 2.62 bits per heavy atom. The van der Waals surface area contributed by atoms with Crippen LogP contribution >= 0.6 is 0 Å². The lowest BCUT2D eigenvalue weighted by atomic mass is 10.0. The van der Waals surface area contributed by atoms with E-state index < -0.39 is 0 Å². The lowest BCUT2D eigenvalue weighted by molar-refractivity contribution is 0.101. The molecule has 1 aromatic carbocycles. The van der Waals surface area contributed by atoms with E-state index >= 15 is 0 Å². The molecule has 0 aliphatic rings. The van der Waals surface area contributed by atoms with E-state index in [2.05, 4.69) is 4.98 Å². The summed E-state index contributed by atoms with van der Waals surface area (Å²) in [5.74, 6) is 0.553. The lowest BCUT2D eigenvalue weighted by Crippen LogP contribution is -1.93. The Labute approximate surface area is 93.9 Å². The standard InChI is InChI=1S/C13H12N2O/c1-9(16)10-3-2-4-11(7-10)12-5-6-13(14)15-8-12/h2-8H,1H3,(H2,14,15). The maximum atomic E-state index is 11.2. The number of ketones is 1. The summed E-state index contributed by atoms with van der Waals surface area (Å²) < 4.78 is 0. The summed E-state index contributed by atoms with van der Waals surface area (Å²) in [6.07, 6.45) is 1.70. The summed E-state index contributed by atoms with van der Waals surface area (Å²) in [4.78, 5) is 15.3. The van der Waals surface area contributed by atoms with Gasteiger partial charge in [0.25, 0.3) is 0 Å². The molecule has 1 heterocycles. The van der Waals surface area contributed by atoms with E-state index in [4.69, 9.17) is 5.73 Å². The highest BCUT2D eigenvalue weighted by Crippen LogP contribution is 2.20. The number of rotatable bonds is 2. The first-order valence-corrected chi connectivity index (χ1v) is 5.00. The van der Waals surface area contributed by atoms with Crippen molar-refractivity contribution in [1.82, 2.24) is 4.98 Å². The Balaban J connectivity index is 2.44. The first-order chi connectivity index (χ1) is 7.66. The summed E-state index contributed by atoms with van der Waals surface area (Å²) in [6, 6.07) is 11.1. The van der Waals surface area contributed by atoms with Gasteiger partial charge in [-0.3, -0.25) is 4.79 Å². The molecule has 0 fully saturated rings. The summed E-state index contributed by atoms with van der Waals surface area (Å²) in [7, 11) is 0. The predicted molar refractivity (Wildman–Crippen MR) is 64.1 cm³/mol. The highest BCUT2D eigenvalue weighted by atomic mass is 16.1. The third kappa shape index (κ3) is 2.08. The van der Waals surface area contributed by atoms with Crippen molar-refractivity contribution < 1.29 is 4.79 Å². The molecule has 0 aliphatic carbocycles. The van der Waals surface area contributed by atoms with Crippen LogP contribution in [0.15, 0.2) is 42.6 Å². The number of pyridine rings is 1. The smallest absolute Gasteiger partial charge is 0.159 e. The first-order valence-electron chi connectivity index (χ1n) is 5.00. The van der Waals surface area contributed by atoms with E-state index in [9.17, 15) is 4.79 Å². The van der Waals surface area contributed by atoms with Crippen LogP contribution in [0.25, 0.3) is 11.1 Å². The number of aromatic nitrogens is 1. The van der Waals surface area contributed by atoms with Gasteiger partial charge in [-0.25, -0.2) is 4.98 Å². The molecule has 80 valence electrons. The van der Waals surface area contributed by atoms with Crippen LogP contribution in [0.1, 0.15) is 17.3 Å². The van der Waals surface area contributed by atoms with Crippen LogP contribution in [0.2, 0.25) is 0 Å². The van der Waals surface area contributed by atoms with E-state index in [0.29, 0.717) is 11.4 Å². The molecule has 2 rings (SSSR count). The van der Waals surface area contributed by atoms with E-state index in [1.54, 1.807) is 25.3 Å². The van der Waals surface area contributed by atoms with Crippen LogP contribution in [-0.2, 0) is 0 Å². The number of nitrogen functional groups attached to an aromatic ring is 1. The molecule has 2 aromatic rings. The minimum absolute atomic E-state index is 0.0604. The topological polar surface area (TPSA) is 56.0 Å². The van der Waals surface area contributed by atoms with Gasteiger partial charge in [0, 0.05) is 17.3 Å². The van der Waals surface area contributed by atoms with Crippen LogP contribution in [0.3, 0.4) is 0 Å². The number of nitrogens with zero attached hydrogens (tertiary/aromatic N) is 1. The van der Waals surface area contributed by atoms with E-state index in [1.807, 2.05) is 24.3 Å². The second-order valence-corrected chi connectivity index (χ2v) is 3.61. The van der Waals surface area contributed by atoms with E-state index in [1.165, 1.54) is 0 Å². The summed E-state index contributed by atoms with van der Waals surface area (Å²) in [6.45, 7) is 1.56. The molecule has 0 spiro atoms. The molecular formula is C13H12N2O. The van der Waals surface area contributed by atoms with Gasteiger partial charge in [-0.05, 0) is 30.7 Å². The molecule has 2 N–H and O–H groups in total. The molecule has 3 heteroatoms. The maximum absolute atomic E-state index is 11.2. The molecule has 0 amide bonds. The number of hydrogen-bond donors (Lipinski definition) is 1. The second kappa shape index (κ2) is 4.14. The van der Waals surface area contributed by atoms with Gasteiger partial charge in [0.15, 0.2) is 5.78 Å². The maximum Gasteiger partial charge on any atom is 0.159 e. The number of benzene rings is 1. The largest absolute Gasteiger partial charge is 0.384 e. The molecule has 0 saturated carbocycles. The van der Waals surface area contributed by atoms with Crippen molar-refractivity contribution in [2.75, 3.05) is 5.73 Å². The predicted octanol–water partition coefficient (Wildman–Crippen LogP) is 2.53. The lowest BCUT2D eigenvalue weighted by Gasteiger charge is -2.03. The Morgan fingerprint density at radius 1 is 1.19 bits per heavy atom. The number of Topliss-reactive ketones (excluding diaryl/α,β-unsaturated/α-hetero) is 1. The molecule has 0 atom stereocenters. The third-order valence-electron chi connectivity index (χ3n) is 2.39. The molecule has 3 nitrogen and oxygen atoms in total. The van der Waals surface area contributed by atoms with Gasteiger partial charge in [0.2, 0.25) is 0 Å². The molecular weight excluding hydrogens is 200 g/mol. The number of anilines is 1. The van der Waals surface area contributed by atoms with E-state index in [-0.39, 0.29) is 5.78 Å². The second-order valence-electron chi connectivity index (χ2n) is 3.61. The number of carbonyl (C=O) groups is 1. The van der Waals surface area contributed by atoms with Crippen LogP contribution in [0, 0.1) is 0 Å². The number of hydrogen-bond acceptors (Lipinski definition) is 3. The van der Waals surface area contributed by atoms with E-state index in [0.717, 1.165) is 11.1 Å². The van der Waals surface area contributed by atoms with Crippen molar-refractivity contribution >= 4 is 11.6 Å². The highest BCUT2D eigenvalue weighted by molar-refractivity contribution is 5.95. The fraction of sp³-hybridized carbons (Fsp3) is 0.0769. The average molecular weight is 212 g/mol. The fourth-order valence-corrected chi connectivity index (χ4v) is 1.49. The van der Waals surface area contributed by atoms with Crippen molar-refractivity contribution in [3.05, 3.63) is 48.2 Å². The SMILES string of the molecule is CC(=O)c1cccc(-c2ccc(N)nc2)c1. The van der Waals surface area contributed by atoms with Crippen molar-refractivity contribution in [1.29, 1.82) is 0 Å². The molecule has 0 radical (unpaired) electrons. The Kier molecular flexibility index (Phi) is 2.68. The van der Waals surface area contributed by atoms with Crippen molar-refractivity contribution in [2.24, 2.45) is 0 Å². The van der Waals surface area contributed by atoms with Crippen molar-refractivity contribution in [3.63, 3.8) is 0 Å². The van der Waals surface area contributed by atoms with Gasteiger partial charge in [-0.15, -0.1) is 0 Å². The Bertz CT molecular complexity index is 518. The van der Waals surface area contributed by atoms with Gasteiger partial charge < -0.3 is 5.73 Å². The van der Waals surface area contributed by atoms with Gasteiger partial charge in [0.05, 0.1) is 0 Å². The van der Waals surface area contributed by atoms with Crippen LogP contribution in [0.4, 0.5) is 5.82 Å². The summed E-state index contributed by atoms with van der Waals surface area (Å²) in [5.41, 5.74) is 8.15. The number of nitrogens with two attached hydrogens (primary N) is 1. The van der Waals surface area contributed by atoms with Crippen LogP contribution < -0.4 is 5.73 Å². The van der Waals surface area contributed by atoms with Gasteiger partial charge >= 0.3 is 0 Å². The number of carbonyl (C=O) groups excluding carboxylic acids is 1. The van der Waals surface area contributed by atoms with Gasteiger partial charge in [-0.1, -0.05) is 18.2 Å². The first kappa shape index (κ1) is 10.4. The van der Waals surface area contributed by atoms with Gasteiger partial charge in [-0.2, -0.15) is 0 Å². The third-order valence-corrected chi connectivity index (χ3v) is 2.39. The van der Waals surface area contributed by atoms with Gasteiger partial charge in [0.1, 0.15) is 5.82 Å². The molecule has 16 heavy (non-hydrogen) atoms. The van der Waals surface area contributed by atoms with Crippen molar-refractivity contribution in [3.8, 4) is 11.1 Å². The molecule has 0 aliphatic heterocycles. The average Bonchev–Trinajstić information content (AvgIpc) is 2.30. The quantitative estimate of drug-likeness (QED) is 0.778. The molecule has 1 aromatic heterocycles.